The van der Waals surface area contributed by atoms with Crippen molar-refractivity contribution >= 4 is 17.3 Å². The number of aryl methyl sites for hydroxylation is 1. The van der Waals surface area contributed by atoms with E-state index in [0.717, 1.165) is 37.8 Å². The fraction of sp³-hybridized carbons (Fsp3) is 0.533. The summed E-state index contributed by atoms with van der Waals surface area (Å²) in [6, 6.07) is 5.98. The number of nitrogens with zero attached hydrogens (tertiary/aromatic N) is 3. The zero-order valence-electron chi connectivity index (χ0n) is 21.9. The molecule has 7 nitrogen and oxygen atoms in total. The third-order valence-electron chi connectivity index (χ3n) is 10.3. The number of hydrogen-bond acceptors (Lipinski definition) is 4. The highest BCUT2D eigenvalue weighted by molar-refractivity contribution is 5.94. The molecule has 0 saturated heterocycles. The molecule has 0 radical (unpaired) electrons. The lowest BCUT2D eigenvalue weighted by atomic mass is 9.47. The summed E-state index contributed by atoms with van der Waals surface area (Å²) in [5.74, 6) is 1.90. The number of amides is 1. The predicted octanol–water partition coefficient (Wildman–Crippen LogP) is 6.31. The van der Waals surface area contributed by atoms with Crippen LogP contribution in [0.4, 0.5) is 5.69 Å². The first-order chi connectivity index (χ1) is 17.7. The summed E-state index contributed by atoms with van der Waals surface area (Å²) < 4.78 is 2.26. The second-order valence-corrected chi connectivity index (χ2v) is 12.2. The van der Waals surface area contributed by atoms with Crippen LogP contribution in [0, 0.1) is 45.6 Å². The average Bonchev–Trinajstić information content (AvgIpc) is 3.46. The lowest BCUT2D eigenvalue weighted by molar-refractivity contribution is -0.384. The van der Waals surface area contributed by atoms with Crippen LogP contribution < -0.4 is 5.32 Å². The van der Waals surface area contributed by atoms with Gasteiger partial charge in [-0.2, -0.15) is 0 Å². The van der Waals surface area contributed by atoms with E-state index in [1.165, 1.54) is 36.2 Å². The summed E-state index contributed by atoms with van der Waals surface area (Å²) in [6.07, 6.45) is 16.8. The van der Waals surface area contributed by atoms with Crippen LogP contribution in [0.3, 0.4) is 0 Å². The quantitative estimate of drug-likeness (QED) is 0.302. The number of nitro benzene ring substituents is 1. The molecule has 2 saturated carbocycles. The Balaban J connectivity index is 1.16. The molecule has 2 fully saturated rings. The summed E-state index contributed by atoms with van der Waals surface area (Å²) in [5, 5.41) is 14.1. The first kappa shape index (κ1) is 24.1. The van der Waals surface area contributed by atoms with Crippen molar-refractivity contribution in [1.82, 2.24) is 14.9 Å². The zero-order valence-corrected chi connectivity index (χ0v) is 21.9. The normalized spacial score (nSPS) is 34.5. The Labute approximate surface area is 218 Å². The number of fused-ring (bicyclic) bond motifs is 5. The number of hydrogen-bond donors (Lipinski definition) is 1. The van der Waals surface area contributed by atoms with Crippen LogP contribution in [0.1, 0.15) is 74.8 Å². The molecule has 0 spiro atoms. The maximum Gasteiger partial charge on any atom is 0.269 e. The molecule has 1 heterocycles. The third-order valence-corrected chi connectivity index (χ3v) is 10.3. The minimum Gasteiger partial charge on any atom is -0.349 e. The molecule has 1 aromatic heterocycles. The van der Waals surface area contributed by atoms with E-state index in [1.807, 2.05) is 6.33 Å². The van der Waals surface area contributed by atoms with Gasteiger partial charge < -0.3 is 9.88 Å². The van der Waals surface area contributed by atoms with Gasteiger partial charge >= 0.3 is 0 Å². The van der Waals surface area contributed by atoms with Crippen molar-refractivity contribution in [2.75, 3.05) is 0 Å². The molecule has 0 aliphatic heterocycles. The number of imidazole rings is 1. The SMILES string of the molecule is Cc1cn(C2=CCC3C4CC=C5C[C@@H](NC(=O)c6ccc([N+](=O)[O-])cc6)CC[C@]5(C)C4CC[C@]23C)cn1. The van der Waals surface area contributed by atoms with Crippen LogP contribution in [0.5, 0.6) is 0 Å². The molecule has 7 heteroatoms. The minimum atomic E-state index is -0.443. The van der Waals surface area contributed by atoms with Gasteiger partial charge in [-0.3, -0.25) is 14.9 Å². The van der Waals surface area contributed by atoms with Crippen LogP contribution >= 0.6 is 0 Å². The Morgan fingerprint density at radius 1 is 1.08 bits per heavy atom. The molecule has 0 bridgehead atoms. The van der Waals surface area contributed by atoms with E-state index >= 15 is 0 Å². The fourth-order valence-electron chi connectivity index (χ4n) is 8.29. The van der Waals surface area contributed by atoms with Crippen LogP contribution in [-0.2, 0) is 0 Å². The van der Waals surface area contributed by atoms with E-state index in [-0.39, 0.29) is 28.5 Å². The summed E-state index contributed by atoms with van der Waals surface area (Å²) in [7, 11) is 0. The van der Waals surface area contributed by atoms with Gasteiger partial charge in [0.05, 0.1) is 16.9 Å². The predicted molar refractivity (Wildman–Crippen MR) is 143 cm³/mol. The van der Waals surface area contributed by atoms with Crippen LogP contribution in [0.2, 0.25) is 0 Å². The Kier molecular flexibility index (Phi) is 5.66. The molecular formula is C30H36N4O3. The third kappa shape index (κ3) is 3.85. The van der Waals surface area contributed by atoms with Crippen LogP contribution in [0.15, 0.2) is 54.5 Å². The first-order valence-electron chi connectivity index (χ1n) is 13.7. The topological polar surface area (TPSA) is 90.1 Å². The number of carbonyl (C=O) groups is 1. The van der Waals surface area contributed by atoms with Gasteiger partial charge in [-0.15, -0.1) is 0 Å². The summed E-state index contributed by atoms with van der Waals surface area (Å²) in [5.41, 5.74) is 4.90. The molecule has 4 aliphatic rings. The highest BCUT2D eigenvalue weighted by atomic mass is 16.6. The Hall–Kier alpha value is -3.22. The molecular weight excluding hydrogens is 464 g/mol. The number of non-ortho nitro benzene ring substituents is 1. The van der Waals surface area contributed by atoms with Crippen LogP contribution in [0.25, 0.3) is 5.70 Å². The van der Waals surface area contributed by atoms with Gasteiger partial charge in [0.25, 0.3) is 11.6 Å². The average molecular weight is 501 g/mol. The Morgan fingerprint density at radius 3 is 2.54 bits per heavy atom. The largest absolute Gasteiger partial charge is 0.349 e. The summed E-state index contributed by atoms with van der Waals surface area (Å²) >= 11 is 0. The van der Waals surface area contributed by atoms with Crippen molar-refractivity contribution in [3.8, 4) is 0 Å². The molecule has 2 aromatic rings. The minimum absolute atomic E-state index is 0.000187. The molecule has 1 aromatic carbocycles. The lowest BCUT2D eigenvalue weighted by Crippen LogP contribution is -2.51. The fourth-order valence-corrected chi connectivity index (χ4v) is 8.29. The van der Waals surface area contributed by atoms with Crippen molar-refractivity contribution in [3.63, 3.8) is 0 Å². The lowest BCUT2D eigenvalue weighted by Gasteiger charge is -2.58. The maximum absolute atomic E-state index is 12.9. The van der Waals surface area contributed by atoms with Gasteiger partial charge in [-0.05, 0) is 87.2 Å². The number of nitrogens with one attached hydrogen (secondary N) is 1. The number of nitro groups is 1. The summed E-state index contributed by atoms with van der Waals surface area (Å²) in [4.78, 5) is 27.8. The van der Waals surface area contributed by atoms with Gasteiger partial charge in [0, 0.05) is 41.0 Å². The zero-order chi connectivity index (χ0) is 25.9. The summed E-state index contributed by atoms with van der Waals surface area (Å²) in [6.45, 7) is 7.02. The van der Waals surface area contributed by atoms with Gasteiger partial charge in [0.15, 0.2) is 0 Å². The van der Waals surface area contributed by atoms with Gasteiger partial charge in [0.2, 0.25) is 0 Å². The molecule has 6 rings (SSSR count). The first-order valence-corrected chi connectivity index (χ1v) is 13.7. The Morgan fingerprint density at radius 2 is 1.84 bits per heavy atom. The van der Waals surface area contributed by atoms with Gasteiger partial charge in [-0.25, -0.2) is 4.98 Å². The second kappa shape index (κ2) is 8.67. The highest BCUT2D eigenvalue weighted by Crippen LogP contribution is 2.65. The van der Waals surface area contributed by atoms with Crippen molar-refractivity contribution in [1.29, 1.82) is 0 Å². The smallest absolute Gasteiger partial charge is 0.269 e. The number of carbonyl (C=O) groups excluding carboxylic acids is 1. The standard InChI is InChI=1S/C30H36N4O3/c1-19-17-33(18-31-19)27-11-10-25-24-9-6-21-16-22(12-14-29(21,2)26(24)13-15-30(25,27)3)32-28(35)20-4-7-23(8-5-20)34(36)37/h4-8,11,17-18,22,24-26H,9-10,12-16H2,1-3H3,(H,32,35)/t22-,24?,25?,26?,29-,30-/m0/s1. The van der Waals surface area contributed by atoms with Crippen molar-refractivity contribution in [2.45, 2.75) is 71.8 Å². The van der Waals surface area contributed by atoms with E-state index in [2.05, 4.69) is 54.0 Å². The van der Waals surface area contributed by atoms with E-state index < -0.39 is 4.92 Å². The van der Waals surface area contributed by atoms with Crippen molar-refractivity contribution < 1.29 is 9.72 Å². The van der Waals surface area contributed by atoms with E-state index in [4.69, 9.17) is 0 Å². The molecule has 194 valence electrons. The Bertz CT molecular complexity index is 1310. The maximum atomic E-state index is 12.9. The molecule has 6 atom stereocenters. The molecule has 37 heavy (non-hydrogen) atoms. The molecule has 3 unspecified atom stereocenters. The second-order valence-electron chi connectivity index (χ2n) is 12.2. The number of rotatable bonds is 4. The monoisotopic (exact) mass is 500 g/mol. The van der Waals surface area contributed by atoms with Gasteiger partial charge in [0.1, 0.15) is 0 Å². The van der Waals surface area contributed by atoms with E-state index in [1.54, 1.807) is 12.1 Å². The highest BCUT2D eigenvalue weighted by Gasteiger charge is 2.57. The van der Waals surface area contributed by atoms with Crippen LogP contribution in [-0.4, -0.2) is 26.4 Å². The van der Waals surface area contributed by atoms with E-state index in [9.17, 15) is 14.9 Å². The number of allylic oxidation sites excluding steroid dienone is 3. The van der Waals surface area contributed by atoms with E-state index in [0.29, 0.717) is 23.3 Å². The molecule has 4 aliphatic carbocycles. The van der Waals surface area contributed by atoms with Crippen molar-refractivity contribution in [2.24, 2.45) is 28.6 Å². The number of benzene rings is 1. The van der Waals surface area contributed by atoms with Gasteiger partial charge in [-0.1, -0.05) is 31.6 Å². The molecule has 1 amide bonds. The van der Waals surface area contributed by atoms with Crippen molar-refractivity contribution in [3.05, 3.63) is 75.9 Å². The number of aromatic nitrogens is 2. The molecule has 1 N–H and O–H groups in total.